The van der Waals surface area contributed by atoms with Crippen molar-refractivity contribution in [2.75, 3.05) is 0 Å². The third kappa shape index (κ3) is 3.30. The molecule has 19 heavy (non-hydrogen) atoms. The zero-order chi connectivity index (χ0) is 13.9. The van der Waals surface area contributed by atoms with E-state index in [1.165, 1.54) is 10.6 Å². The van der Waals surface area contributed by atoms with Gasteiger partial charge >= 0.3 is 0 Å². The van der Waals surface area contributed by atoms with E-state index in [1.54, 1.807) is 0 Å². The molecule has 0 atom stereocenters. The normalized spacial score (nSPS) is 11.6. The van der Waals surface area contributed by atoms with Crippen molar-refractivity contribution in [3.8, 4) is 0 Å². The van der Waals surface area contributed by atoms with E-state index in [1.807, 2.05) is 12.1 Å². The Morgan fingerprint density at radius 3 is 1.47 bits per heavy atom. The first-order chi connectivity index (χ1) is 9.00. The second-order valence-electron chi connectivity index (χ2n) is 5.61. The van der Waals surface area contributed by atoms with Crippen LogP contribution in [0.5, 0.6) is 0 Å². The molecule has 0 aliphatic rings. The van der Waals surface area contributed by atoms with Crippen LogP contribution in [0.15, 0.2) is 60.7 Å². The van der Waals surface area contributed by atoms with Crippen molar-refractivity contribution in [2.24, 2.45) is 5.41 Å². The highest BCUT2D eigenvalue weighted by Crippen LogP contribution is 2.41. The smallest absolute Gasteiger partial charge is 0.0462 e. The van der Waals surface area contributed by atoms with Crippen LogP contribution in [0, 0.1) is 10.8 Å². The SMILES string of the molecule is CC(C)(C)C(=N)P(c1ccccc1)c1ccccc1. The standard InChI is InChI=1S/C17H20NP/c1-17(2,3)16(18)19(14-10-6-4-7-11-14)15-12-8-5-9-13-15/h4-13,18H,1-3H3. The first-order valence-corrected chi connectivity index (χ1v) is 7.83. The Kier molecular flexibility index (Phi) is 4.17. The molecule has 0 spiro atoms. The van der Waals surface area contributed by atoms with E-state index in [2.05, 4.69) is 69.3 Å². The molecule has 2 heteroatoms. The highest BCUT2D eigenvalue weighted by Gasteiger charge is 2.27. The minimum atomic E-state index is -0.717. The summed E-state index contributed by atoms with van der Waals surface area (Å²) in [6.07, 6.45) is 0. The molecule has 0 radical (unpaired) electrons. The van der Waals surface area contributed by atoms with Gasteiger partial charge in [0, 0.05) is 18.8 Å². The second kappa shape index (κ2) is 5.67. The van der Waals surface area contributed by atoms with Gasteiger partial charge in [-0.2, -0.15) is 0 Å². The Bertz CT molecular complexity index is 501. The molecule has 0 saturated carbocycles. The number of nitrogens with one attached hydrogen (secondary N) is 1. The lowest BCUT2D eigenvalue weighted by Gasteiger charge is -2.28. The molecule has 0 aliphatic carbocycles. The summed E-state index contributed by atoms with van der Waals surface area (Å²) in [4.78, 5) is 0. The van der Waals surface area contributed by atoms with E-state index in [4.69, 9.17) is 5.41 Å². The summed E-state index contributed by atoms with van der Waals surface area (Å²) in [5, 5.41) is 11.1. The second-order valence-corrected chi connectivity index (χ2v) is 7.76. The maximum atomic E-state index is 8.60. The summed E-state index contributed by atoms with van der Waals surface area (Å²) in [5.41, 5.74) is 0.720. The highest BCUT2D eigenvalue weighted by molar-refractivity contribution is 7.88. The summed E-state index contributed by atoms with van der Waals surface area (Å²) in [5.74, 6) is 0. The van der Waals surface area contributed by atoms with Gasteiger partial charge in [-0.3, -0.25) is 0 Å². The number of benzene rings is 2. The van der Waals surface area contributed by atoms with Crippen molar-refractivity contribution in [1.82, 2.24) is 0 Å². The molecular weight excluding hydrogens is 249 g/mol. The van der Waals surface area contributed by atoms with Crippen molar-refractivity contribution >= 4 is 24.0 Å². The van der Waals surface area contributed by atoms with Crippen molar-refractivity contribution in [1.29, 1.82) is 5.41 Å². The van der Waals surface area contributed by atoms with E-state index in [9.17, 15) is 0 Å². The van der Waals surface area contributed by atoms with Gasteiger partial charge in [0.2, 0.25) is 0 Å². The molecule has 0 fully saturated rings. The Morgan fingerprint density at radius 1 is 0.789 bits per heavy atom. The molecular formula is C17H20NP. The molecule has 98 valence electrons. The molecule has 2 aromatic carbocycles. The van der Waals surface area contributed by atoms with Gasteiger partial charge in [0.05, 0.1) is 0 Å². The van der Waals surface area contributed by atoms with Crippen molar-refractivity contribution in [2.45, 2.75) is 20.8 Å². The Morgan fingerprint density at radius 2 is 1.16 bits per heavy atom. The fraction of sp³-hybridized carbons (Fsp3) is 0.235. The fourth-order valence-corrected chi connectivity index (χ4v) is 4.32. The van der Waals surface area contributed by atoms with Crippen molar-refractivity contribution < 1.29 is 0 Å². The minimum Gasteiger partial charge on any atom is -0.304 e. The van der Waals surface area contributed by atoms with Crippen LogP contribution >= 0.6 is 7.92 Å². The Labute approximate surface area is 116 Å². The summed E-state index contributed by atoms with van der Waals surface area (Å²) in [6.45, 7) is 6.36. The summed E-state index contributed by atoms with van der Waals surface area (Å²) >= 11 is 0. The van der Waals surface area contributed by atoms with Gasteiger partial charge in [-0.25, -0.2) is 0 Å². The molecule has 2 rings (SSSR count). The average Bonchev–Trinajstić information content (AvgIpc) is 2.40. The first kappa shape index (κ1) is 14.0. The molecule has 0 aliphatic heterocycles. The third-order valence-corrected chi connectivity index (χ3v) is 5.71. The van der Waals surface area contributed by atoms with Gasteiger partial charge in [-0.15, -0.1) is 0 Å². The number of rotatable bonds is 3. The van der Waals surface area contributed by atoms with Crippen LogP contribution in [0.25, 0.3) is 0 Å². The Balaban J connectivity index is 2.49. The van der Waals surface area contributed by atoms with E-state index < -0.39 is 7.92 Å². The van der Waals surface area contributed by atoms with Crippen LogP contribution in [0.3, 0.4) is 0 Å². The zero-order valence-corrected chi connectivity index (χ0v) is 12.6. The van der Waals surface area contributed by atoms with Gasteiger partial charge in [0.1, 0.15) is 0 Å². The minimum absolute atomic E-state index is 0.0998. The maximum absolute atomic E-state index is 8.60. The van der Waals surface area contributed by atoms with E-state index in [0.717, 1.165) is 5.45 Å². The third-order valence-electron chi connectivity index (χ3n) is 2.96. The largest absolute Gasteiger partial charge is 0.304 e. The number of hydrogen-bond donors (Lipinski definition) is 1. The van der Waals surface area contributed by atoms with Crippen LogP contribution in [0.2, 0.25) is 0 Å². The maximum Gasteiger partial charge on any atom is 0.0462 e. The Hall–Kier alpha value is -1.46. The lowest BCUT2D eigenvalue weighted by molar-refractivity contribution is 0.598. The molecule has 0 bridgehead atoms. The quantitative estimate of drug-likeness (QED) is 0.639. The molecule has 2 aromatic rings. The topological polar surface area (TPSA) is 23.9 Å². The molecule has 1 N–H and O–H groups in total. The molecule has 0 unspecified atom stereocenters. The van der Waals surface area contributed by atoms with Gasteiger partial charge < -0.3 is 5.41 Å². The first-order valence-electron chi connectivity index (χ1n) is 6.49. The van der Waals surface area contributed by atoms with E-state index in [-0.39, 0.29) is 5.41 Å². The fourth-order valence-electron chi connectivity index (χ4n) is 1.90. The van der Waals surface area contributed by atoms with Gasteiger partial charge in [0.25, 0.3) is 0 Å². The number of hydrogen-bond acceptors (Lipinski definition) is 1. The monoisotopic (exact) mass is 269 g/mol. The van der Waals surface area contributed by atoms with Crippen LogP contribution < -0.4 is 10.6 Å². The van der Waals surface area contributed by atoms with Crippen LogP contribution in [0.4, 0.5) is 0 Å². The summed E-state index contributed by atoms with van der Waals surface area (Å²) < 4.78 is 0. The summed E-state index contributed by atoms with van der Waals surface area (Å²) in [7, 11) is -0.717. The molecule has 0 heterocycles. The predicted octanol–water partition coefficient (Wildman–Crippen LogP) is 4.14. The van der Waals surface area contributed by atoms with Crippen molar-refractivity contribution in [3.63, 3.8) is 0 Å². The van der Waals surface area contributed by atoms with Gasteiger partial charge in [0.15, 0.2) is 0 Å². The van der Waals surface area contributed by atoms with Crippen LogP contribution in [-0.4, -0.2) is 5.45 Å². The van der Waals surface area contributed by atoms with E-state index >= 15 is 0 Å². The predicted molar refractivity (Wildman–Crippen MR) is 86.3 cm³/mol. The average molecular weight is 269 g/mol. The zero-order valence-electron chi connectivity index (χ0n) is 11.7. The van der Waals surface area contributed by atoms with Crippen LogP contribution in [0.1, 0.15) is 20.8 Å². The molecule has 0 saturated heterocycles. The van der Waals surface area contributed by atoms with E-state index in [0.29, 0.717) is 0 Å². The lowest BCUT2D eigenvalue weighted by Crippen LogP contribution is -2.26. The molecule has 1 nitrogen and oxygen atoms in total. The van der Waals surface area contributed by atoms with Crippen LogP contribution in [-0.2, 0) is 0 Å². The highest BCUT2D eigenvalue weighted by atomic mass is 31.1. The molecule has 0 aromatic heterocycles. The van der Waals surface area contributed by atoms with Crippen molar-refractivity contribution in [3.05, 3.63) is 60.7 Å². The van der Waals surface area contributed by atoms with Gasteiger partial charge in [-0.1, -0.05) is 81.4 Å². The van der Waals surface area contributed by atoms with Gasteiger partial charge in [-0.05, 0) is 10.6 Å². The summed E-state index contributed by atoms with van der Waals surface area (Å²) in [6, 6.07) is 20.8. The lowest BCUT2D eigenvalue weighted by atomic mass is 9.99. The molecule has 0 amide bonds.